The van der Waals surface area contributed by atoms with Crippen LogP contribution in [0.2, 0.25) is 0 Å². The van der Waals surface area contributed by atoms with Gasteiger partial charge in [0.15, 0.2) is 0 Å². The summed E-state index contributed by atoms with van der Waals surface area (Å²) in [7, 11) is 0. The summed E-state index contributed by atoms with van der Waals surface area (Å²) >= 11 is 0. The first-order valence-electron chi connectivity index (χ1n) is 16.2. The number of H-pyrrole nitrogens is 1. The molecule has 2 saturated heterocycles. The lowest BCUT2D eigenvalue weighted by molar-refractivity contribution is 0.0398. The first-order valence-corrected chi connectivity index (χ1v) is 16.2. The van der Waals surface area contributed by atoms with E-state index >= 15 is 0 Å². The van der Waals surface area contributed by atoms with Crippen LogP contribution in [0, 0.1) is 18.3 Å². The monoisotopic (exact) mass is 619 g/mol. The standard InChI is InChI=1S/C34H39N7O2.C3H6/c1-25-23-41(34(42)37-25)30-11-14-40(15-12-30)24-26-7-9-28(10-8-26)32-31(27-5-3-2-4-6-27)21-29(22-35)33(38-32)36-13-16-39-17-19-43-20-18-39;1-3-2/h2-10,21,23,30H,11-20,24H2,1H3,(H,36,38)(H,37,42);3H,1H2,2H3. The number of benzene rings is 2. The van der Waals surface area contributed by atoms with Gasteiger partial charge in [-0.05, 0) is 43.9 Å². The molecular formula is C37H45N7O2. The van der Waals surface area contributed by atoms with E-state index in [9.17, 15) is 10.1 Å². The molecule has 0 unspecified atom stereocenters. The zero-order valence-electron chi connectivity index (χ0n) is 27.0. The van der Waals surface area contributed by atoms with E-state index in [2.05, 4.69) is 69.1 Å². The maximum atomic E-state index is 12.2. The molecule has 0 amide bonds. The lowest BCUT2D eigenvalue weighted by Crippen LogP contribution is -2.39. The number of hydrogen-bond donors (Lipinski definition) is 2. The molecule has 2 N–H and O–H groups in total. The van der Waals surface area contributed by atoms with Gasteiger partial charge in [-0.3, -0.25) is 14.4 Å². The van der Waals surface area contributed by atoms with Gasteiger partial charge < -0.3 is 15.0 Å². The predicted molar refractivity (Wildman–Crippen MR) is 185 cm³/mol. The van der Waals surface area contributed by atoms with Gasteiger partial charge in [0.25, 0.3) is 0 Å². The van der Waals surface area contributed by atoms with Crippen molar-refractivity contribution < 1.29 is 4.74 Å². The molecule has 0 spiro atoms. The van der Waals surface area contributed by atoms with Crippen molar-refractivity contribution in [2.24, 2.45) is 0 Å². The molecule has 2 aliphatic heterocycles. The van der Waals surface area contributed by atoms with Crippen LogP contribution in [0.1, 0.15) is 42.6 Å². The number of rotatable bonds is 9. The minimum atomic E-state index is -0.00622. The molecular weight excluding hydrogens is 574 g/mol. The van der Waals surface area contributed by atoms with Crippen LogP contribution in [-0.4, -0.2) is 76.8 Å². The Bertz CT molecular complexity index is 1660. The number of anilines is 1. The summed E-state index contributed by atoms with van der Waals surface area (Å²) in [5.41, 5.74) is 6.55. The highest BCUT2D eigenvalue weighted by Gasteiger charge is 2.22. The van der Waals surface area contributed by atoms with Crippen molar-refractivity contribution in [3.05, 3.63) is 107 Å². The van der Waals surface area contributed by atoms with Crippen molar-refractivity contribution in [1.82, 2.24) is 24.3 Å². The fraction of sp³-hybridized carbons (Fsp3) is 0.378. The van der Waals surface area contributed by atoms with Crippen LogP contribution < -0.4 is 11.0 Å². The number of nitrogens with one attached hydrogen (secondary N) is 2. The fourth-order valence-electron chi connectivity index (χ4n) is 6.13. The zero-order chi connectivity index (χ0) is 32.3. The van der Waals surface area contributed by atoms with Gasteiger partial charge in [0, 0.05) is 74.9 Å². The van der Waals surface area contributed by atoms with E-state index < -0.39 is 0 Å². The first kappa shape index (κ1) is 32.9. The average Bonchev–Trinajstić information content (AvgIpc) is 3.43. The minimum absolute atomic E-state index is 0.00622. The van der Waals surface area contributed by atoms with E-state index in [0.29, 0.717) is 17.9 Å². The Kier molecular flexibility index (Phi) is 11.6. The van der Waals surface area contributed by atoms with Crippen LogP contribution in [0.5, 0.6) is 0 Å². The van der Waals surface area contributed by atoms with E-state index in [1.165, 1.54) is 5.56 Å². The highest BCUT2D eigenvalue weighted by atomic mass is 16.5. The number of nitriles is 1. The van der Waals surface area contributed by atoms with Crippen molar-refractivity contribution in [3.63, 3.8) is 0 Å². The molecule has 4 heterocycles. The maximum Gasteiger partial charge on any atom is 0.325 e. The summed E-state index contributed by atoms with van der Waals surface area (Å²) in [6.07, 6.45) is 5.62. The third kappa shape index (κ3) is 8.40. The topological polar surface area (TPSA) is 102 Å². The van der Waals surface area contributed by atoms with E-state index in [1.54, 1.807) is 6.08 Å². The van der Waals surface area contributed by atoms with Gasteiger partial charge in [0.2, 0.25) is 0 Å². The van der Waals surface area contributed by atoms with E-state index in [-0.39, 0.29) is 11.7 Å². The molecule has 2 aliphatic rings. The summed E-state index contributed by atoms with van der Waals surface area (Å²) < 4.78 is 7.33. The molecule has 46 heavy (non-hydrogen) atoms. The molecule has 0 atom stereocenters. The molecule has 0 bridgehead atoms. The molecule has 0 aliphatic carbocycles. The summed E-state index contributed by atoms with van der Waals surface area (Å²) in [6.45, 7) is 14.9. The number of ether oxygens (including phenoxy) is 1. The number of morpholine rings is 1. The number of likely N-dealkylation sites (tertiary alicyclic amines) is 1. The molecule has 9 nitrogen and oxygen atoms in total. The summed E-state index contributed by atoms with van der Waals surface area (Å²) in [6, 6.07) is 23.4. The van der Waals surface area contributed by atoms with Crippen molar-refractivity contribution in [3.8, 4) is 28.5 Å². The second-order valence-corrected chi connectivity index (χ2v) is 11.9. The van der Waals surface area contributed by atoms with Crippen molar-refractivity contribution >= 4 is 5.82 Å². The van der Waals surface area contributed by atoms with Gasteiger partial charge in [0.1, 0.15) is 11.9 Å². The number of aromatic nitrogens is 3. The van der Waals surface area contributed by atoms with Gasteiger partial charge in [-0.2, -0.15) is 5.26 Å². The number of imidazole rings is 1. The molecule has 4 aromatic rings. The summed E-state index contributed by atoms with van der Waals surface area (Å²) in [5.74, 6) is 0.620. The Morgan fingerprint density at radius 2 is 1.74 bits per heavy atom. The average molecular weight is 620 g/mol. The third-order valence-electron chi connectivity index (χ3n) is 8.51. The molecule has 240 valence electrons. The zero-order valence-corrected chi connectivity index (χ0v) is 27.0. The van der Waals surface area contributed by atoms with E-state index in [1.807, 2.05) is 48.9 Å². The number of aryl methyl sites for hydroxylation is 1. The molecule has 9 heteroatoms. The number of piperidine rings is 1. The van der Waals surface area contributed by atoms with E-state index in [0.717, 1.165) is 93.4 Å². The first-order chi connectivity index (χ1) is 22.5. The van der Waals surface area contributed by atoms with Crippen LogP contribution in [0.3, 0.4) is 0 Å². The molecule has 0 saturated carbocycles. The quantitative estimate of drug-likeness (QED) is 0.226. The normalized spacial score (nSPS) is 15.8. The van der Waals surface area contributed by atoms with Crippen LogP contribution in [0.15, 0.2) is 84.3 Å². The second-order valence-electron chi connectivity index (χ2n) is 11.9. The highest BCUT2D eigenvalue weighted by Crippen LogP contribution is 2.34. The lowest BCUT2D eigenvalue weighted by Gasteiger charge is -2.32. The molecule has 0 radical (unpaired) electrons. The van der Waals surface area contributed by atoms with Gasteiger partial charge in [-0.15, -0.1) is 6.58 Å². The minimum Gasteiger partial charge on any atom is -0.379 e. The summed E-state index contributed by atoms with van der Waals surface area (Å²) in [5, 5.41) is 13.4. The number of hydrogen-bond acceptors (Lipinski definition) is 7. The molecule has 2 aromatic heterocycles. The largest absolute Gasteiger partial charge is 0.379 e. The van der Waals surface area contributed by atoms with Crippen LogP contribution in [-0.2, 0) is 11.3 Å². The summed E-state index contributed by atoms with van der Waals surface area (Å²) in [4.78, 5) is 25.0. The molecule has 2 fully saturated rings. The fourth-order valence-corrected chi connectivity index (χ4v) is 6.13. The van der Waals surface area contributed by atoms with Gasteiger partial charge in [-0.1, -0.05) is 60.7 Å². The lowest BCUT2D eigenvalue weighted by atomic mass is 9.96. The Balaban J connectivity index is 0.00000134. The number of nitrogens with zero attached hydrogens (tertiary/aromatic N) is 5. The van der Waals surface area contributed by atoms with Crippen LogP contribution >= 0.6 is 0 Å². The van der Waals surface area contributed by atoms with Crippen molar-refractivity contribution in [2.45, 2.75) is 39.3 Å². The van der Waals surface area contributed by atoms with Gasteiger partial charge >= 0.3 is 5.69 Å². The van der Waals surface area contributed by atoms with Crippen LogP contribution in [0.25, 0.3) is 22.4 Å². The Morgan fingerprint density at radius 1 is 1.04 bits per heavy atom. The second kappa shape index (κ2) is 16.2. The Hall–Kier alpha value is -4.49. The number of aromatic amines is 1. The smallest absolute Gasteiger partial charge is 0.325 e. The van der Waals surface area contributed by atoms with Crippen molar-refractivity contribution in [1.29, 1.82) is 5.26 Å². The predicted octanol–water partition coefficient (Wildman–Crippen LogP) is 5.86. The molecule has 6 rings (SSSR count). The number of allylic oxidation sites excluding steroid dienone is 1. The van der Waals surface area contributed by atoms with Gasteiger partial charge in [0.05, 0.1) is 24.5 Å². The van der Waals surface area contributed by atoms with Crippen molar-refractivity contribution in [2.75, 3.05) is 57.8 Å². The Labute approximate surface area is 272 Å². The third-order valence-corrected chi connectivity index (χ3v) is 8.51. The van der Waals surface area contributed by atoms with E-state index in [4.69, 9.17) is 9.72 Å². The maximum absolute atomic E-state index is 12.2. The van der Waals surface area contributed by atoms with Crippen LogP contribution in [0.4, 0.5) is 5.82 Å². The molecule has 2 aromatic carbocycles. The Morgan fingerprint density at radius 3 is 2.37 bits per heavy atom. The SMILES string of the molecule is C=CC.Cc1cn(C2CCN(Cc3ccc(-c4nc(NCCN5CCOCC5)c(C#N)cc4-c4ccccc4)cc3)CC2)c(=O)[nH]1. The number of pyridine rings is 1. The highest BCUT2D eigenvalue weighted by molar-refractivity contribution is 5.83. The van der Waals surface area contributed by atoms with Gasteiger partial charge in [-0.25, -0.2) is 9.78 Å².